The lowest BCUT2D eigenvalue weighted by molar-refractivity contribution is -0.131. The van der Waals surface area contributed by atoms with Crippen LogP contribution in [0.25, 0.3) is 17.5 Å². The fraction of sp³-hybridized carbons (Fsp3) is 0.316. The van der Waals surface area contributed by atoms with Crippen LogP contribution >= 0.6 is 11.3 Å². The van der Waals surface area contributed by atoms with Crippen LogP contribution in [0.3, 0.4) is 0 Å². The first-order valence-electron chi connectivity index (χ1n) is 8.46. The van der Waals surface area contributed by atoms with Gasteiger partial charge in [0.25, 0.3) is 0 Å². The van der Waals surface area contributed by atoms with Gasteiger partial charge >= 0.3 is 5.97 Å². The Balaban J connectivity index is 0.000000321. The number of nitrogens with zero attached hydrogens (tertiary/aromatic N) is 2. The van der Waals surface area contributed by atoms with E-state index in [1.165, 1.54) is 7.11 Å². The quantitative estimate of drug-likeness (QED) is 0.587. The summed E-state index contributed by atoms with van der Waals surface area (Å²) in [6, 6.07) is 1.89. The van der Waals surface area contributed by atoms with Gasteiger partial charge in [0.2, 0.25) is 5.78 Å². The van der Waals surface area contributed by atoms with Crippen molar-refractivity contribution in [2.45, 2.75) is 20.3 Å². The molecule has 2 aromatic heterocycles. The van der Waals surface area contributed by atoms with Crippen molar-refractivity contribution >= 4 is 34.3 Å². The predicted octanol–water partition coefficient (Wildman–Crippen LogP) is 4.08. The highest BCUT2D eigenvalue weighted by Crippen LogP contribution is 2.32. The number of aromatic nitrogens is 1. The van der Waals surface area contributed by atoms with Gasteiger partial charge in [0.05, 0.1) is 19.4 Å². The number of hydrogen-bond donors (Lipinski definition) is 1. The average molecular weight is 390 g/mol. The molecule has 0 unspecified atom stereocenters. The topological polar surface area (TPSA) is 92.9 Å². The lowest BCUT2D eigenvalue weighted by Gasteiger charge is -2.16. The predicted molar refractivity (Wildman–Crippen MR) is 105 cm³/mol. The summed E-state index contributed by atoms with van der Waals surface area (Å²) in [5, 5.41) is 10.8. The number of fused-ring (bicyclic) bond motifs is 1. The highest BCUT2D eigenvalue weighted by atomic mass is 32.1. The Hall–Kier alpha value is -2.87. The standard InChI is InChI=1S/C15H16N2O2S.C4H6O3/c1-3-17(4-2)15-16-11(9-20-15)13-8-10-6-5-7-12(18)14(10)19-13;1-7-3-2-4(5)6/h5-6,8-9H,3-4,7H2,1-2H3;2-3H,1H3,(H,5,6)/b;3-2+. The molecule has 2 heterocycles. The molecule has 0 bridgehead atoms. The van der Waals surface area contributed by atoms with Crippen LogP contribution in [0.5, 0.6) is 0 Å². The zero-order valence-electron chi connectivity index (χ0n) is 15.5. The van der Waals surface area contributed by atoms with E-state index in [0.29, 0.717) is 17.9 Å². The Morgan fingerprint density at radius 3 is 2.74 bits per heavy atom. The number of carbonyl (C=O) groups excluding carboxylic acids is 1. The van der Waals surface area contributed by atoms with Crippen LogP contribution in [0.1, 0.15) is 36.4 Å². The zero-order valence-corrected chi connectivity index (χ0v) is 16.3. The van der Waals surface area contributed by atoms with Gasteiger partial charge in [0, 0.05) is 30.5 Å². The fourth-order valence-electron chi connectivity index (χ4n) is 2.40. The number of rotatable bonds is 6. The summed E-state index contributed by atoms with van der Waals surface area (Å²) < 4.78 is 9.98. The highest BCUT2D eigenvalue weighted by molar-refractivity contribution is 7.14. The van der Waals surface area contributed by atoms with Gasteiger partial charge in [-0.2, -0.15) is 0 Å². The summed E-state index contributed by atoms with van der Waals surface area (Å²) in [6.45, 7) is 6.08. The van der Waals surface area contributed by atoms with E-state index < -0.39 is 5.97 Å². The van der Waals surface area contributed by atoms with Crippen LogP contribution in [0.4, 0.5) is 5.13 Å². The first kappa shape index (κ1) is 20.4. The van der Waals surface area contributed by atoms with Crippen LogP contribution in [0.15, 0.2) is 34.3 Å². The number of ether oxygens (including phenoxy) is 1. The number of Topliss-reactive ketones (excluding diaryl/α,β-unsaturated/α-hetero) is 1. The molecule has 2 aromatic rings. The molecule has 0 radical (unpaired) electrons. The first-order valence-corrected chi connectivity index (χ1v) is 9.34. The molecular formula is C19H22N2O5S. The van der Waals surface area contributed by atoms with E-state index in [1.807, 2.05) is 23.6 Å². The molecule has 27 heavy (non-hydrogen) atoms. The Bertz CT molecular complexity index is 846. The molecule has 0 spiro atoms. The molecule has 7 nitrogen and oxygen atoms in total. The van der Waals surface area contributed by atoms with Gasteiger partial charge < -0.3 is 19.2 Å². The number of carbonyl (C=O) groups is 2. The van der Waals surface area contributed by atoms with Crippen molar-refractivity contribution in [1.29, 1.82) is 0 Å². The molecule has 0 aliphatic heterocycles. The number of carboxylic acids is 1. The maximum atomic E-state index is 11.8. The van der Waals surface area contributed by atoms with Crippen molar-refractivity contribution in [2.75, 3.05) is 25.1 Å². The SMILES string of the molecule is CCN(CC)c1nc(-c2cc3c(o2)C(=O)CC=C3)cs1.CO/C=C/C(=O)O. The molecule has 144 valence electrons. The number of methoxy groups -OCH3 is 1. The van der Waals surface area contributed by atoms with E-state index in [-0.39, 0.29) is 5.78 Å². The van der Waals surface area contributed by atoms with Crippen LogP contribution in [-0.4, -0.2) is 42.0 Å². The van der Waals surface area contributed by atoms with Crippen LogP contribution < -0.4 is 4.90 Å². The Labute approximate surface area is 161 Å². The normalized spacial score (nSPS) is 12.5. The second-order valence-electron chi connectivity index (χ2n) is 5.49. The lowest BCUT2D eigenvalue weighted by atomic mass is 10.0. The smallest absolute Gasteiger partial charge is 0.331 e. The van der Waals surface area contributed by atoms with E-state index >= 15 is 0 Å². The minimum atomic E-state index is -0.998. The first-order chi connectivity index (χ1) is 13.0. The third-order valence-corrected chi connectivity index (χ3v) is 4.64. The van der Waals surface area contributed by atoms with Crippen molar-refractivity contribution in [3.8, 4) is 11.5 Å². The van der Waals surface area contributed by atoms with E-state index in [1.54, 1.807) is 11.3 Å². The minimum Gasteiger partial charge on any atom is -0.504 e. The molecule has 1 aliphatic rings. The van der Waals surface area contributed by atoms with Crippen LogP contribution in [0.2, 0.25) is 0 Å². The molecule has 0 saturated carbocycles. The Kier molecular flexibility index (Phi) is 7.36. The summed E-state index contributed by atoms with van der Waals surface area (Å²) in [5.41, 5.74) is 1.65. The van der Waals surface area contributed by atoms with Crippen molar-refractivity contribution in [3.63, 3.8) is 0 Å². The number of anilines is 1. The number of hydrogen-bond acceptors (Lipinski definition) is 7. The second kappa shape index (κ2) is 9.72. The number of ketones is 1. The third kappa shape index (κ3) is 5.30. The summed E-state index contributed by atoms with van der Waals surface area (Å²) in [7, 11) is 1.39. The summed E-state index contributed by atoms with van der Waals surface area (Å²) in [6.07, 6.45) is 6.23. The monoisotopic (exact) mass is 390 g/mol. The van der Waals surface area contributed by atoms with E-state index in [2.05, 4.69) is 28.5 Å². The van der Waals surface area contributed by atoms with Crippen LogP contribution in [0, 0.1) is 0 Å². The summed E-state index contributed by atoms with van der Waals surface area (Å²) in [4.78, 5) is 28.2. The van der Waals surface area contributed by atoms with Gasteiger partial charge in [0.1, 0.15) is 5.69 Å². The van der Waals surface area contributed by atoms with Crippen molar-refractivity contribution in [1.82, 2.24) is 4.98 Å². The van der Waals surface area contributed by atoms with Gasteiger partial charge in [-0.1, -0.05) is 12.2 Å². The molecule has 0 amide bonds. The Morgan fingerprint density at radius 1 is 1.44 bits per heavy atom. The molecule has 0 aromatic carbocycles. The Morgan fingerprint density at radius 2 is 2.19 bits per heavy atom. The molecule has 3 rings (SSSR count). The van der Waals surface area contributed by atoms with E-state index in [4.69, 9.17) is 9.52 Å². The molecular weight excluding hydrogens is 368 g/mol. The number of thiazole rings is 1. The van der Waals surface area contributed by atoms with Gasteiger partial charge in [-0.05, 0) is 19.9 Å². The second-order valence-corrected chi connectivity index (χ2v) is 6.33. The van der Waals surface area contributed by atoms with E-state index in [0.717, 1.165) is 41.8 Å². The minimum absolute atomic E-state index is 0.0351. The average Bonchev–Trinajstić information content (AvgIpc) is 3.29. The molecule has 0 fully saturated rings. The number of furan rings is 1. The summed E-state index contributed by atoms with van der Waals surface area (Å²) in [5.74, 6) is 0.166. The lowest BCUT2D eigenvalue weighted by Crippen LogP contribution is -2.21. The highest BCUT2D eigenvalue weighted by Gasteiger charge is 2.21. The fourth-order valence-corrected chi connectivity index (χ4v) is 3.35. The largest absolute Gasteiger partial charge is 0.504 e. The molecule has 8 heteroatoms. The van der Waals surface area contributed by atoms with Crippen LogP contribution in [-0.2, 0) is 9.53 Å². The zero-order chi connectivity index (χ0) is 19.8. The molecule has 1 aliphatic carbocycles. The maximum Gasteiger partial charge on any atom is 0.331 e. The van der Waals surface area contributed by atoms with Gasteiger partial charge in [0.15, 0.2) is 16.7 Å². The molecule has 0 atom stereocenters. The van der Waals surface area contributed by atoms with Crippen molar-refractivity contribution in [2.24, 2.45) is 0 Å². The van der Waals surface area contributed by atoms with E-state index in [9.17, 15) is 9.59 Å². The number of carboxylic acid groups (broad SMARTS) is 1. The van der Waals surface area contributed by atoms with Crippen molar-refractivity contribution in [3.05, 3.63) is 41.2 Å². The van der Waals surface area contributed by atoms with Crippen molar-refractivity contribution < 1.29 is 23.8 Å². The van der Waals surface area contributed by atoms with Gasteiger partial charge in [-0.15, -0.1) is 11.3 Å². The molecule has 0 saturated heterocycles. The maximum absolute atomic E-state index is 11.8. The third-order valence-electron chi connectivity index (χ3n) is 3.74. The summed E-state index contributed by atoms with van der Waals surface area (Å²) >= 11 is 1.60. The number of allylic oxidation sites excluding steroid dienone is 1. The van der Waals surface area contributed by atoms with Gasteiger partial charge in [-0.25, -0.2) is 9.78 Å². The van der Waals surface area contributed by atoms with Gasteiger partial charge in [-0.3, -0.25) is 4.79 Å². The molecule has 1 N–H and O–H groups in total. The number of aliphatic carboxylic acids is 1.